The van der Waals surface area contributed by atoms with E-state index < -0.39 is 0 Å². The first-order valence-corrected chi connectivity index (χ1v) is 6.29. The van der Waals surface area contributed by atoms with E-state index in [0.717, 1.165) is 22.7 Å². The van der Waals surface area contributed by atoms with Crippen LogP contribution in [0, 0.1) is 13.8 Å². The molecule has 2 aromatic rings. The number of nitrogens with two attached hydrogens (primary N) is 1. The van der Waals surface area contributed by atoms with Gasteiger partial charge in [0.05, 0.1) is 18.0 Å². The second-order valence-electron chi connectivity index (χ2n) is 4.34. The average molecular weight is 261 g/mol. The average Bonchev–Trinajstić information content (AvgIpc) is 2.70. The molecule has 1 heterocycles. The SMILES string of the molecule is CCOc1cc(NCc2c(C)noc2C)ccc1N. The first-order chi connectivity index (χ1) is 9.11. The predicted molar refractivity (Wildman–Crippen MR) is 75.3 cm³/mol. The van der Waals surface area contributed by atoms with Crippen LogP contribution in [0.3, 0.4) is 0 Å². The molecule has 0 aliphatic carbocycles. The van der Waals surface area contributed by atoms with Gasteiger partial charge in [-0.25, -0.2) is 0 Å². The second kappa shape index (κ2) is 5.65. The summed E-state index contributed by atoms with van der Waals surface area (Å²) in [5.41, 5.74) is 9.42. The molecule has 3 N–H and O–H groups in total. The number of nitrogens with one attached hydrogen (secondary N) is 1. The van der Waals surface area contributed by atoms with E-state index in [9.17, 15) is 0 Å². The summed E-state index contributed by atoms with van der Waals surface area (Å²) in [5.74, 6) is 1.54. The first-order valence-electron chi connectivity index (χ1n) is 6.29. The Balaban J connectivity index is 2.09. The molecular weight excluding hydrogens is 242 g/mol. The maximum absolute atomic E-state index is 5.84. The van der Waals surface area contributed by atoms with Crippen LogP contribution in [0.2, 0.25) is 0 Å². The third kappa shape index (κ3) is 2.99. The highest BCUT2D eigenvalue weighted by molar-refractivity contribution is 5.61. The Morgan fingerprint density at radius 2 is 2.16 bits per heavy atom. The zero-order valence-corrected chi connectivity index (χ0v) is 11.5. The number of anilines is 2. The van der Waals surface area contributed by atoms with Gasteiger partial charge in [-0.05, 0) is 32.9 Å². The van der Waals surface area contributed by atoms with Crippen molar-refractivity contribution in [3.05, 3.63) is 35.2 Å². The van der Waals surface area contributed by atoms with Crippen molar-refractivity contribution in [1.82, 2.24) is 5.16 Å². The van der Waals surface area contributed by atoms with Gasteiger partial charge in [0.2, 0.25) is 0 Å². The third-order valence-electron chi connectivity index (χ3n) is 2.96. The summed E-state index contributed by atoms with van der Waals surface area (Å²) in [6.07, 6.45) is 0. The highest BCUT2D eigenvalue weighted by Gasteiger charge is 2.09. The summed E-state index contributed by atoms with van der Waals surface area (Å²) in [4.78, 5) is 0. The van der Waals surface area contributed by atoms with Gasteiger partial charge >= 0.3 is 0 Å². The summed E-state index contributed by atoms with van der Waals surface area (Å²) >= 11 is 0. The fraction of sp³-hybridized carbons (Fsp3) is 0.357. The minimum Gasteiger partial charge on any atom is -0.492 e. The number of benzene rings is 1. The van der Waals surface area contributed by atoms with Crippen LogP contribution in [-0.4, -0.2) is 11.8 Å². The molecule has 0 atom stereocenters. The van der Waals surface area contributed by atoms with Crippen molar-refractivity contribution in [3.8, 4) is 5.75 Å². The fourth-order valence-electron chi connectivity index (χ4n) is 1.87. The molecule has 0 radical (unpaired) electrons. The van der Waals surface area contributed by atoms with Crippen LogP contribution in [0.15, 0.2) is 22.7 Å². The van der Waals surface area contributed by atoms with E-state index in [2.05, 4.69) is 10.5 Å². The molecule has 1 aromatic carbocycles. The van der Waals surface area contributed by atoms with Crippen molar-refractivity contribution in [2.75, 3.05) is 17.7 Å². The van der Waals surface area contributed by atoms with Crippen LogP contribution in [-0.2, 0) is 6.54 Å². The Morgan fingerprint density at radius 1 is 1.37 bits per heavy atom. The van der Waals surface area contributed by atoms with Gasteiger partial charge in [0.25, 0.3) is 0 Å². The van der Waals surface area contributed by atoms with E-state index in [0.29, 0.717) is 24.6 Å². The summed E-state index contributed by atoms with van der Waals surface area (Å²) in [6.45, 7) is 7.03. The zero-order chi connectivity index (χ0) is 13.8. The molecule has 5 heteroatoms. The lowest BCUT2D eigenvalue weighted by molar-refractivity contribution is 0.342. The summed E-state index contributed by atoms with van der Waals surface area (Å²) < 4.78 is 10.6. The van der Waals surface area contributed by atoms with E-state index in [-0.39, 0.29) is 0 Å². The number of rotatable bonds is 5. The lowest BCUT2D eigenvalue weighted by atomic mass is 10.2. The van der Waals surface area contributed by atoms with E-state index in [4.69, 9.17) is 15.0 Å². The summed E-state index contributed by atoms with van der Waals surface area (Å²) in [5, 5.41) is 7.25. The van der Waals surface area contributed by atoms with Gasteiger partial charge < -0.3 is 20.3 Å². The van der Waals surface area contributed by atoms with Gasteiger partial charge in [-0.2, -0.15) is 0 Å². The van der Waals surface area contributed by atoms with Gasteiger partial charge in [-0.15, -0.1) is 0 Å². The molecule has 5 nitrogen and oxygen atoms in total. The van der Waals surface area contributed by atoms with Crippen LogP contribution in [0.5, 0.6) is 5.75 Å². The topological polar surface area (TPSA) is 73.3 Å². The minimum atomic E-state index is 0.595. The van der Waals surface area contributed by atoms with Crippen molar-refractivity contribution in [2.45, 2.75) is 27.3 Å². The van der Waals surface area contributed by atoms with Crippen LogP contribution >= 0.6 is 0 Å². The normalized spacial score (nSPS) is 10.5. The lowest BCUT2D eigenvalue weighted by Crippen LogP contribution is -2.03. The van der Waals surface area contributed by atoms with Gasteiger partial charge in [0.1, 0.15) is 11.5 Å². The smallest absolute Gasteiger partial charge is 0.144 e. The quantitative estimate of drug-likeness (QED) is 0.810. The number of hydrogen-bond donors (Lipinski definition) is 2. The van der Waals surface area contributed by atoms with E-state index >= 15 is 0 Å². The minimum absolute atomic E-state index is 0.595. The second-order valence-corrected chi connectivity index (χ2v) is 4.34. The molecule has 0 bridgehead atoms. The molecule has 0 saturated heterocycles. The van der Waals surface area contributed by atoms with Crippen molar-refractivity contribution in [1.29, 1.82) is 0 Å². The summed E-state index contributed by atoms with van der Waals surface area (Å²) in [6, 6.07) is 5.66. The molecule has 102 valence electrons. The molecular formula is C14H19N3O2. The molecule has 0 aliphatic heterocycles. The third-order valence-corrected chi connectivity index (χ3v) is 2.96. The molecule has 0 amide bonds. The van der Waals surface area contributed by atoms with E-state index in [1.54, 1.807) is 0 Å². The Morgan fingerprint density at radius 3 is 2.79 bits per heavy atom. The molecule has 1 aromatic heterocycles. The molecule has 0 fully saturated rings. The van der Waals surface area contributed by atoms with Gasteiger partial charge in [-0.3, -0.25) is 0 Å². The number of aromatic nitrogens is 1. The van der Waals surface area contributed by atoms with Crippen molar-refractivity contribution < 1.29 is 9.26 Å². The van der Waals surface area contributed by atoms with Crippen LogP contribution in [0.4, 0.5) is 11.4 Å². The molecule has 19 heavy (non-hydrogen) atoms. The zero-order valence-electron chi connectivity index (χ0n) is 11.5. The van der Waals surface area contributed by atoms with Gasteiger partial charge in [0.15, 0.2) is 0 Å². The maximum Gasteiger partial charge on any atom is 0.144 e. The van der Waals surface area contributed by atoms with Gasteiger partial charge in [0, 0.05) is 23.9 Å². The van der Waals surface area contributed by atoms with E-state index in [1.165, 1.54) is 0 Å². The monoisotopic (exact) mass is 261 g/mol. The first kappa shape index (κ1) is 13.3. The maximum atomic E-state index is 5.84. The van der Waals surface area contributed by atoms with Crippen LogP contribution in [0.1, 0.15) is 23.9 Å². The molecule has 2 rings (SSSR count). The van der Waals surface area contributed by atoms with Crippen molar-refractivity contribution >= 4 is 11.4 Å². The Labute approximate surface area is 112 Å². The predicted octanol–water partition coefficient (Wildman–Crippen LogP) is 2.88. The molecule has 0 aliphatic rings. The van der Waals surface area contributed by atoms with Gasteiger partial charge in [-0.1, -0.05) is 5.16 Å². The standard InChI is InChI=1S/C14H19N3O2/c1-4-18-14-7-11(5-6-13(14)15)16-8-12-9(2)17-19-10(12)3/h5-7,16H,4,8,15H2,1-3H3. The Hall–Kier alpha value is -2.17. The number of ether oxygens (including phenoxy) is 1. The Kier molecular flexibility index (Phi) is 3.94. The highest BCUT2D eigenvalue weighted by atomic mass is 16.5. The highest BCUT2D eigenvalue weighted by Crippen LogP contribution is 2.26. The molecule has 0 saturated carbocycles. The fourth-order valence-corrected chi connectivity index (χ4v) is 1.87. The Bertz CT molecular complexity index is 544. The van der Waals surface area contributed by atoms with Crippen molar-refractivity contribution in [3.63, 3.8) is 0 Å². The largest absolute Gasteiger partial charge is 0.492 e. The lowest BCUT2D eigenvalue weighted by Gasteiger charge is -2.11. The number of nitrogens with zero attached hydrogens (tertiary/aromatic N) is 1. The van der Waals surface area contributed by atoms with Crippen molar-refractivity contribution in [2.24, 2.45) is 0 Å². The summed E-state index contributed by atoms with van der Waals surface area (Å²) in [7, 11) is 0. The van der Waals surface area contributed by atoms with E-state index in [1.807, 2.05) is 39.0 Å². The molecule has 0 unspecified atom stereocenters. The number of aryl methyl sites for hydroxylation is 2. The van der Waals surface area contributed by atoms with Crippen LogP contribution in [0.25, 0.3) is 0 Å². The van der Waals surface area contributed by atoms with Crippen LogP contribution < -0.4 is 15.8 Å². The number of hydrogen-bond acceptors (Lipinski definition) is 5. The number of nitrogen functional groups attached to an aromatic ring is 1. The molecule has 0 spiro atoms.